The molecule has 10 heavy (non-hydrogen) atoms. The number of aliphatic imine (C=N–C) groups is 1. The molecule has 0 spiro atoms. The van der Waals surface area contributed by atoms with Crippen molar-refractivity contribution in [1.82, 2.24) is 4.90 Å². The third kappa shape index (κ3) is 1.31. The van der Waals surface area contributed by atoms with Gasteiger partial charge in [-0.15, -0.1) is 0 Å². The lowest BCUT2D eigenvalue weighted by molar-refractivity contribution is -0.124. The van der Waals surface area contributed by atoms with Crippen LogP contribution < -0.4 is 0 Å². The highest BCUT2D eigenvalue weighted by molar-refractivity contribution is 8.14. The minimum absolute atomic E-state index is 0.0885. The summed E-state index contributed by atoms with van der Waals surface area (Å²) in [6.07, 6.45) is 0. The zero-order valence-corrected chi connectivity index (χ0v) is 6.94. The molecule has 1 amide bonds. The number of amidine groups is 1. The van der Waals surface area contributed by atoms with Gasteiger partial charge in [-0.1, -0.05) is 11.8 Å². The van der Waals surface area contributed by atoms with Crippen molar-refractivity contribution >= 4 is 22.8 Å². The normalized spacial score (nSPS) is 22.2. The summed E-state index contributed by atoms with van der Waals surface area (Å²) in [4.78, 5) is 16.5. The van der Waals surface area contributed by atoms with Gasteiger partial charge in [0, 0.05) is 26.3 Å². The van der Waals surface area contributed by atoms with Crippen molar-refractivity contribution in [2.45, 2.75) is 6.92 Å². The molecule has 4 heteroatoms. The highest BCUT2D eigenvalue weighted by atomic mass is 32.2. The van der Waals surface area contributed by atoms with Crippen LogP contribution in [0.5, 0.6) is 0 Å². The van der Waals surface area contributed by atoms with E-state index >= 15 is 0 Å². The molecule has 0 unspecified atom stereocenters. The lowest BCUT2D eigenvalue weighted by atomic mass is 10.5. The maximum Gasteiger partial charge on any atom is 0.225 e. The Kier molecular flexibility index (Phi) is 2.32. The average Bonchev–Trinajstić information content (AvgIpc) is 2.33. The Morgan fingerprint density at radius 2 is 2.50 bits per heavy atom. The summed E-state index contributed by atoms with van der Waals surface area (Å²) in [7, 11) is 1.71. The number of carbonyl (C=O) groups is 1. The van der Waals surface area contributed by atoms with Gasteiger partial charge < -0.3 is 0 Å². The average molecular weight is 158 g/mol. The molecule has 56 valence electrons. The van der Waals surface area contributed by atoms with Crippen LogP contribution in [-0.4, -0.2) is 35.3 Å². The van der Waals surface area contributed by atoms with Crippen LogP contribution in [0.15, 0.2) is 4.99 Å². The molecule has 0 aliphatic carbocycles. The van der Waals surface area contributed by atoms with Crippen LogP contribution in [0.25, 0.3) is 0 Å². The molecule has 0 aromatic heterocycles. The van der Waals surface area contributed by atoms with Crippen LogP contribution in [0.1, 0.15) is 6.92 Å². The summed E-state index contributed by atoms with van der Waals surface area (Å²) >= 11 is 1.63. The summed E-state index contributed by atoms with van der Waals surface area (Å²) < 4.78 is 0. The second-order valence-electron chi connectivity index (χ2n) is 2.03. The highest BCUT2D eigenvalue weighted by Gasteiger charge is 2.21. The Morgan fingerprint density at radius 1 is 1.80 bits per heavy atom. The summed E-state index contributed by atoms with van der Waals surface area (Å²) in [5.74, 6) is 1.07. The molecular weight excluding hydrogens is 148 g/mol. The molecule has 3 nitrogen and oxygen atoms in total. The van der Waals surface area contributed by atoms with E-state index in [4.69, 9.17) is 0 Å². The van der Waals surface area contributed by atoms with Crippen molar-refractivity contribution in [1.29, 1.82) is 0 Å². The van der Waals surface area contributed by atoms with Crippen LogP contribution >= 0.6 is 11.8 Å². The molecule has 1 fully saturated rings. The first-order valence-electron chi connectivity index (χ1n) is 3.13. The van der Waals surface area contributed by atoms with Gasteiger partial charge in [0.05, 0.1) is 0 Å². The molecule has 1 aliphatic rings. The quantitative estimate of drug-likeness (QED) is 0.516. The molecular formula is C6H10N2OS. The van der Waals surface area contributed by atoms with E-state index in [2.05, 4.69) is 4.99 Å². The zero-order valence-electron chi connectivity index (χ0n) is 6.13. The van der Waals surface area contributed by atoms with Gasteiger partial charge in [-0.05, 0) is 0 Å². The lowest BCUT2D eigenvalue weighted by Gasteiger charge is -2.11. The number of carbonyl (C=O) groups excluding carboxylic acids is 1. The number of nitrogens with zero attached hydrogens (tertiary/aromatic N) is 2. The smallest absolute Gasteiger partial charge is 0.225 e. The van der Waals surface area contributed by atoms with Crippen LogP contribution in [0, 0.1) is 0 Å². The van der Waals surface area contributed by atoms with Gasteiger partial charge in [0.25, 0.3) is 0 Å². The van der Waals surface area contributed by atoms with Gasteiger partial charge >= 0.3 is 0 Å². The molecule has 0 N–H and O–H groups in total. The van der Waals surface area contributed by atoms with E-state index in [-0.39, 0.29) is 5.91 Å². The van der Waals surface area contributed by atoms with E-state index in [1.165, 1.54) is 0 Å². The number of amides is 1. The van der Waals surface area contributed by atoms with Gasteiger partial charge in [-0.3, -0.25) is 14.7 Å². The molecule has 1 aliphatic heterocycles. The third-order valence-electron chi connectivity index (χ3n) is 1.35. The summed E-state index contributed by atoms with van der Waals surface area (Å²) in [6.45, 7) is 2.38. The topological polar surface area (TPSA) is 32.7 Å². The van der Waals surface area contributed by atoms with Crippen LogP contribution in [0.3, 0.4) is 0 Å². The first-order valence-corrected chi connectivity index (χ1v) is 4.12. The molecule has 0 saturated carbocycles. The fourth-order valence-electron chi connectivity index (χ4n) is 0.879. The van der Waals surface area contributed by atoms with Crippen molar-refractivity contribution < 1.29 is 4.79 Å². The van der Waals surface area contributed by atoms with E-state index in [1.54, 1.807) is 30.6 Å². The summed E-state index contributed by atoms with van der Waals surface area (Å²) in [6, 6.07) is 0. The predicted molar refractivity (Wildman–Crippen MR) is 43.2 cm³/mol. The number of hydrogen-bond acceptors (Lipinski definition) is 3. The number of hydrogen-bond donors (Lipinski definition) is 0. The largest absolute Gasteiger partial charge is 0.291 e. The molecule has 0 aromatic rings. The van der Waals surface area contributed by atoms with Crippen LogP contribution in [-0.2, 0) is 4.79 Å². The van der Waals surface area contributed by atoms with E-state index in [1.807, 2.05) is 0 Å². The van der Waals surface area contributed by atoms with Gasteiger partial charge in [-0.25, -0.2) is 0 Å². The fraction of sp³-hybridized carbons (Fsp3) is 0.667. The van der Waals surface area contributed by atoms with E-state index < -0.39 is 0 Å². The maximum absolute atomic E-state index is 10.8. The van der Waals surface area contributed by atoms with Gasteiger partial charge in [0.1, 0.15) is 0 Å². The van der Waals surface area contributed by atoms with Crippen LogP contribution in [0.4, 0.5) is 0 Å². The van der Waals surface area contributed by atoms with Gasteiger partial charge in [0.15, 0.2) is 5.17 Å². The molecule has 0 bridgehead atoms. The van der Waals surface area contributed by atoms with Crippen molar-refractivity contribution in [3.63, 3.8) is 0 Å². The van der Waals surface area contributed by atoms with E-state index in [0.717, 1.165) is 17.5 Å². The highest BCUT2D eigenvalue weighted by Crippen LogP contribution is 2.16. The van der Waals surface area contributed by atoms with Crippen molar-refractivity contribution in [3.8, 4) is 0 Å². The third-order valence-corrected chi connectivity index (χ3v) is 2.40. The fourth-order valence-corrected chi connectivity index (χ4v) is 1.84. The molecule has 1 saturated heterocycles. The van der Waals surface area contributed by atoms with Crippen molar-refractivity contribution in [3.05, 3.63) is 0 Å². The van der Waals surface area contributed by atoms with E-state index in [0.29, 0.717) is 0 Å². The van der Waals surface area contributed by atoms with Crippen LogP contribution in [0.2, 0.25) is 0 Å². The Balaban J connectivity index is 2.68. The van der Waals surface area contributed by atoms with E-state index in [9.17, 15) is 4.79 Å². The first kappa shape index (κ1) is 7.60. The van der Waals surface area contributed by atoms with Crippen molar-refractivity contribution in [2.75, 3.05) is 19.3 Å². The molecule has 0 radical (unpaired) electrons. The predicted octanol–water partition coefficient (Wildman–Crippen LogP) is 0.568. The maximum atomic E-state index is 10.8. The van der Waals surface area contributed by atoms with Gasteiger partial charge in [-0.2, -0.15) is 0 Å². The summed E-state index contributed by atoms with van der Waals surface area (Å²) in [5, 5.41) is 0.854. The van der Waals surface area contributed by atoms with Gasteiger partial charge in [0.2, 0.25) is 5.91 Å². The second kappa shape index (κ2) is 3.05. The second-order valence-corrected chi connectivity index (χ2v) is 3.09. The zero-order chi connectivity index (χ0) is 7.56. The standard InChI is InChI=1S/C6H10N2OS/c1-5(9)8-3-4-10-6(8)7-2/h3-4H2,1-2H3. The first-order chi connectivity index (χ1) is 4.75. The molecule has 0 aromatic carbocycles. The monoisotopic (exact) mass is 158 g/mol. The Labute approximate surface area is 64.5 Å². The molecule has 0 atom stereocenters. The number of thioether (sulfide) groups is 1. The SMILES string of the molecule is CN=C1SCCN1C(C)=O. The Bertz CT molecular complexity index is 179. The lowest BCUT2D eigenvalue weighted by Crippen LogP contribution is -2.29. The Hall–Kier alpha value is -0.510. The molecule has 1 rings (SSSR count). The minimum Gasteiger partial charge on any atom is -0.291 e. The summed E-state index contributed by atoms with van der Waals surface area (Å²) in [5.41, 5.74) is 0. The van der Waals surface area contributed by atoms with Crippen molar-refractivity contribution in [2.24, 2.45) is 4.99 Å². The molecule has 1 heterocycles. The minimum atomic E-state index is 0.0885. The number of rotatable bonds is 0. The Morgan fingerprint density at radius 3 is 2.90 bits per heavy atom.